The lowest BCUT2D eigenvalue weighted by Gasteiger charge is -2.15. The third-order valence-corrected chi connectivity index (χ3v) is 4.23. The summed E-state index contributed by atoms with van der Waals surface area (Å²) < 4.78 is 5.18. The Hall–Kier alpha value is -2.82. The predicted molar refractivity (Wildman–Crippen MR) is 96.2 cm³/mol. The van der Waals surface area contributed by atoms with Crippen molar-refractivity contribution < 1.29 is 14.3 Å². The molecule has 0 atom stereocenters. The van der Waals surface area contributed by atoms with Crippen LogP contribution in [0.15, 0.2) is 54.6 Å². The van der Waals surface area contributed by atoms with Gasteiger partial charge in [0.2, 0.25) is 5.91 Å². The molecule has 1 fully saturated rings. The van der Waals surface area contributed by atoms with Crippen molar-refractivity contribution in [2.75, 3.05) is 18.4 Å². The van der Waals surface area contributed by atoms with Gasteiger partial charge in [0.15, 0.2) is 0 Å². The number of nitrogens with zero attached hydrogens (tertiary/aromatic N) is 1. The van der Waals surface area contributed by atoms with Gasteiger partial charge in [-0.1, -0.05) is 42.5 Å². The summed E-state index contributed by atoms with van der Waals surface area (Å²) in [6, 6.07) is 16.8. The van der Waals surface area contributed by atoms with Crippen LogP contribution >= 0.6 is 0 Å². The van der Waals surface area contributed by atoms with E-state index in [2.05, 4.69) is 5.32 Å². The molecule has 1 N–H and O–H groups in total. The summed E-state index contributed by atoms with van der Waals surface area (Å²) in [5.41, 5.74) is 2.53. The van der Waals surface area contributed by atoms with Crippen molar-refractivity contribution in [2.45, 2.75) is 25.9 Å². The van der Waals surface area contributed by atoms with Crippen LogP contribution in [0.25, 0.3) is 0 Å². The first-order valence-electron chi connectivity index (χ1n) is 8.55. The summed E-state index contributed by atoms with van der Waals surface area (Å²) in [7, 11) is 0. The third kappa shape index (κ3) is 5.08. The SMILES string of the molecule is O=C(Nc1ccc(CC(=O)N2CCCC2)cc1)OCc1ccccc1. The molecule has 0 spiro atoms. The normalized spacial score (nSPS) is 13.5. The molecule has 5 nitrogen and oxygen atoms in total. The number of hydrogen-bond donors (Lipinski definition) is 1. The molecule has 2 amide bonds. The maximum atomic E-state index is 12.1. The van der Waals surface area contributed by atoms with Crippen LogP contribution in [0.1, 0.15) is 24.0 Å². The number of benzene rings is 2. The second-order valence-corrected chi connectivity index (χ2v) is 6.15. The molecule has 2 aromatic carbocycles. The molecule has 1 heterocycles. The summed E-state index contributed by atoms with van der Waals surface area (Å²) in [5.74, 6) is 0.167. The number of carbonyl (C=O) groups excluding carboxylic acids is 2. The molecule has 130 valence electrons. The van der Waals surface area contributed by atoms with Gasteiger partial charge in [-0.15, -0.1) is 0 Å². The van der Waals surface area contributed by atoms with Gasteiger partial charge >= 0.3 is 6.09 Å². The van der Waals surface area contributed by atoms with Gasteiger partial charge in [0.25, 0.3) is 0 Å². The number of anilines is 1. The van der Waals surface area contributed by atoms with Crippen molar-refractivity contribution in [1.29, 1.82) is 0 Å². The fraction of sp³-hybridized carbons (Fsp3) is 0.300. The van der Waals surface area contributed by atoms with Crippen LogP contribution in [-0.4, -0.2) is 30.0 Å². The zero-order valence-corrected chi connectivity index (χ0v) is 14.1. The van der Waals surface area contributed by atoms with E-state index < -0.39 is 6.09 Å². The predicted octanol–water partition coefficient (Wildman–Crippen LogP) is 3.60. The molecular formula is C20H22N2O3. The molecule has 0 radical (unpaired) electrons. The Morgan fingerprint density at radius 3 is 2.28 bits per heavy atom. The Morgan fingerprint density at radius 2 is 1.60 bits per heavy atom. The lowest BCUT2D eigenvalue weighted by Crippen LogP contribution is -2.29. The molecule has 1 aliphatic rings. The molecule has 5 heteroatoms. The molecule has 3 rings (SSSR count). The van der Waals surface area contributed by atoms with E-state index in [0.29, 0.717) is 12.1 Å². The summed E-state index contributed by atoms with van der Waals surface area (Å²) in [4.78, 5) is 25.9. The Kier molecular flexibility index (Phi) is 5.67. The van der Waals surface area contributed by atoms with Gasteiger partial charge in [-0.3, -0.25) is 10.1 Å². The van der Waals surface area contributed by atoms with Crippen molar-refractivity contribution in [3.63, 3.8) is 0 Å². The van der Waals surface area contributed by atoms with Crippen molar-refractivity contribution >= 4 is 17.7 Å². The Balaban J connectivity index is 1.46. The van der Waals surface area contributed by atoms with Gasteiger partial charge in [-0.2, -0.15) is 0 Å². The van der Waals surface area contributed by atoms with Crippen LogP contribution in [0.4, 0.5) is 10.5 Å². The van der Waals surface area contributed by atoms with E-state index in [1.165, 1.54) is 0 Å². The van der Waals surface area contributed by atoms with Crippen molar-refractivity contribution in [2.24, 2.45) is 0 Å². The first-order valence-corrected chi connectivity index (χ1v) is 8.55. The summed E-state index contributed by atoms with van der Waals surface area (Å²) >= 11 is 0. The van der Waals surface area contributed by atoms with Crippen LogP contribution < -0.4 is 5.32 Å². The molecule has 1 saturated heterocycles. The first-order chi connectivity index (χ1) is 12.2. The largest absolute Gasteiger partial charge is 0.444 e. The van der Waals surface area contributed by atoms with E-state index in [4.69, 9.17) is 4.74 Å². The first kappa shape index (κ1) is 17.0. The van der Waals surface area contributed by atoms with Crippen LogP contribution in [0.5, 0.6) is 0 Å². The van der Waals surface area contributed by atoms with E-state index in [-0.39, 0.29) is 12.5 Å². The van der Waals surface area contributed by atoms with Crippen molar-refractivity contribution in [3.8, 4) is 0 Å². The van der Waals surface area contributed by atoms with Gasteiger partial charge in [0, 0.05) is 18.8 Å². The van der Waals surface area contributed by atoms with Gasteiger partial charge in [0.1, 0.15) is 6.61 Å². The van der Waals surface area contributed by atoms with E-state index in [9.17, 15) is 9.59 Å². The lowest BCUT2D eigenvalue weighted by molar-refractivity contribution is -0.129. The highest BCUT2D eigenvalue weighted by molar-refractivity contribution is 5.85. The highest BCUT2D eigenvalue weighted by Crippen LogP contribution is 2.14. The lowest BCUT2D eigenvalue weighted by atomic mass is 10.1. The number of carbonyl (C=O) groups is 2. The van der Waals surface area contributed by atoms with Crippen molar-refractivity contribution in [1.82, 2.24) is 4.90 Å². The van der Waals surface area contributed by atoms with Crippen molar-refractivity contribution in [3.05, 3.63) is 65.7 Å². The zero-order valence-electron chi connectivity index (χ0n) is 14.1. The van der Waals surface area contributed by atoms with Gasteiger partial charge in [-0.05, 0) is 36.1 Å². The Bertz CT molecular complexity index is 707. The standard InChI is InChI=1S/C20H22N2O3/c23-19(22-12-4-5-13-22)14-16-8-10-18(11-9-16)21-20(24)25-15-17-6-2-1-3-7-17/h1-3,6-11H,4-5,12-15H2,(H,21,24). The number of likely N-dealkylation sites (tertiary alicyclic amines) is 1. The molecule has 0 aliphatic carbocycles. The molecule has 2 aromatic rings. The fourth-order valence-corrected chi connectivity index (χ4v) is 2.84. The summed E-state index contributed by atoms with van der Waals surface area (Å²) in [5, 5.41) is 2.69. The van der Waals surface area contributed by atoms with Gasteiger partial charge in [0.05, 0.1) is 6.42 Å². The van der Waals surface area contributed by atoms with E-state index in [0.717, 1.165) is 37.1 Å². The average Bonchev–Trinajstić information content (AvgIpc) is 3.17. The van der Waals surface area contributed by atoms with Crippen LogP contribution in [0.2, 0.25) is 0 Å². The van der Waals surface area contributed by atoms with E-state index in [1.807, 2.05) is 47.4 Å². The number of nitrogens with one attached hydrogen (secondary N) is 1. The number of ether oxygens (including phenoxy) is 1. The van der Waals surface area contributed by atoms with Gasteiger partial charge in [-0.25, -0.2) is 4.79 Å². The van der Waals surface area contributed by atoms with Crippen LogP contribution in [0, 0.1) is 0 Å². The molecule has 0 bridgehead atoms. The average molecular weight is 338 g/mol. The minimum atomic E-state index is -0.496. The molecule has 1 aliphatic heterocycles. The molecule has 0 saturated carbocycles. The third-order valence-electron chi connectivity index (χ3n) is 4.23. The number of hydrogen-bond acceptors (Lipinski definition) is 3. The topological polar surface area (TPSA) is 58.6 Å². The fourth-order valence-electron chi connectivity index (χ4n) is 2.84. The maximum Gasteiger partial charge on any atom is 0.411 e. The van der Waals surface area contributed by atoms with Gasteiger partial charge < -0.3 is 9.64 Å². The summed E-state index contributed by atoms with van der Waals surface area (Å²) in [6.07, 6.45) is 2.10. The van der Waals surface area contributed by atoms with E-state index >= 15 is 0 Å². The monoisotopic (exact) mass is 338 g/mol. The number of rotatable bonds is 5. The quantitative estimate of drug-likeness (QED) is 0.906. The maximum absolute atomic E-state index is 12.1. The molecule has 0 unspecified atom stereocenters. The highest BCUT2D eigenvalue weighted by Gasteiger charge is 2.17. The zero-order chi connectivity index (χ0) is 17.5. The molecular weight excluding hydrogens is 316 g/mol. The minimum Gasteiger partial charge on any atom is -0.444 e. The Morgan fingerprint density at radius 1 is 0.920 bits per heavy atom. The van der Waals surface area contributed by atoms with Crippen LogP contribution in [-0.2, 0) is 22.6 Å². The van der Waals surface area contributed by atoms with Crippen LogP contribution in [0.3, 0.4) is 0 Å². The summed E-state index contributed by atoms with van der Waals surface area (Å²) in [6.45, 7) is 1.96. The van der Waals surface area contributed by atoms with E-state index in [1.54, 1.807) is 12.1 Å². The second-order valence-electron chi connectivity index (χ2n) is 6.15. The Labute approximate surface area is 147 Å². The number of amides is 2. The highest BCUT2D eigenvalue weighted by atomic mass is 16.5. The minimum absolute atomic E-state index is 0.167. The second kappa shape index (κ2) is 8.33. The smallest absolute Gasteiger partial charge is 0.411 e. The molecule has 25 heavy (non-hydrogen) atoms. The molecule has 0 aromatic heterocycles.